The maximum atomic E-state index is 6.45. The topological polar surface area (TPSA) is 35.2 Å². The van der Waals surface area contributed by atoms with Crippen molar-refractivity contribution in [2.75, 3.05) is 6.54 Å². The molecule has 2 N–H and O–H groups in total. The summed E-state index contributed by atoms with van der Waals surface area (Å²) in [6, 6.07) is 12.3. The van der Waals surface area contributed by atoms with E-state index in [-0.39, 0.29) is 6.10 Å². The van der Waals surface area contributed by atoms with Gasteiger partial charge in [-0.1, -0.05) is 41.9 Å². The number of nitrogens with two attached hydrogens (primary N) is 1. The van der Waals surface area contributed by atoms with Crippen LogP contribution in [0.4, 0.5) is 0 Å². The van der Waals surface area contributed by atoms with Gasteiger partial charge in [-0.05, 0) is 42.5 Å². The first-order valence-electron chi connectivity index (χ1n) is 6.95. The van der Waals surface area contributed by atoms with Crippen molar-refractivity contribution >= 4 is 11.6 Å². The zero-order chi connectivity index (χ0) is 14.1. The summed E-state index contributed by atoms with van der Waals surface area (Å²) in [5.74, 6) is 0.911. The van der Waals surface area contributed by atoms with Crippen molar-refractivity contribution in [1.29, 1.82) is 0 Å². The summed E-state index contributed by atoms with van der Waals surface area (Å²) < 4.78 is 6.09. The normalized spacial score (nSPS) is 17.4. The van der Waals surface area contributed by atoms with E-state index in [2.05, 4.69) is 25.1 Å². The molecule has 0 saturated carbocycles. The number of hydrogen-bond acceptors (Lipinski definition) is 2. The van der Waals surface area contributed by atoms with Crippen LogP contribution < -0.4 is 10.5 Å². The predicted octanol–water partition coefficient (Wildman–Crippen LogP) is 3.97. The first-order chi connectivity index (χ1) is 9.70. The number of aryl methyl sites for hydroxylation is 2. The molecule has 2 aromatic carbocycles. The van der Waals surface area contributed by atoms with Crippen LogP contribution in [-0.4, -0.2) is 12.6 Å². The van der Waals surface area contributed by atoms with E-state index >= 15 is 0 Å². The van der Waals surface area contributed by atoms with Crippen molar-refractivity contribution in [2.24, 2.45) is 5.73 Å². The lowest BCUT2D eigenvalue weighted by Gasteiger charge is -2.28. The highest BCUT2D eigenvalue weighted by Gasteiger charge is 2.24. The molecule has 0 amide bonds. The van der Waals surface area contributed by atoms with Crippen molar-refractivity contribution in [2.45, 2.75) is 25.9 Å². The second-order valence-electron chi connectivity index (χ2n) is 5.24. The smallest absolute Gasteiger partial charge is 0.132 e. The molecule has 1 heterocycles. The fourth-order valence-electron chi connectivity index (χ4n) is 2.75. The minimum Gasteiger partial charge on any atom is -0.488 e. The molecule has 2 aromatic rings. The van der Waals surface area contributed by atoms with Gasteiger partial charge in [0.05, 0.1) is 5.02 Å². The molecule has 1 aliphatic rings. The number of hydrogen-bond donors (Lipinski definition) is 1. The minimum absolute atomic E-state index is 0.0868. The molecule has 1 aliphatic heterocycles. The SMILES string of the molecule is Cc1ccccc1-c1c(Cl)ccc2c1OC(CN)CC2. The van der Waals surface area contributed by atoms with Crippen LogP contribution in [0.15, 0.2) is 36.4 Å². The van der Waals surface area contributed by atoms with Gasteiger partial charge in [0.2, 0.25) is 0 Å². The Bertz CT molecular complexity index is 639. The molecule has 3 rings (SSSR count). The largest absolute Gasteiger partial charge is 0.488 e. The standard InChI is InChI=1S/C17H18ClNO/c1-11-4-2-3-5-14(11)16-15(18)9-7-12-6-8-13(10-19)20-17(12)16/h2-5,7,9,13H,6,8,10,19H2,1H3. The highest BCUT2D eigenvalue weighted by molar-refractivity contribution is 6.33. The van der Waals surface area contributed by atoms with Gasteiger partial charge in [0.15, 0.2) is 0 Å². The van der Waals surface area contributed by atoms with Gasteiger partial charge in [-0.2, -0.15) is 0 Å². The summed E-state index contributed by atoms with van der Waals surface area (Å²) >= 11 is 6.45. The van der Waals surface area contributed by atoms with E-state index in [4.69, 9.17) is 22.1 Å². The highest BCUT2D eigenvalue weighted by atomic mass is 35.5. The minimum atomic E-state index is 0.0868. The Labute approximate surface area is 124 Å². The van der Waals surface area contributed by atoms with Crippen molar-refractivity contribution in [1.82, 2.24) is 0 Å². The van der Waals surface area contributed by atoms with E-state index in [9.17, 15) is 0 Å². The molecule has 1 atom stereocenters. The molecule has 0 aliphatic carbocycles. The van der Waals surface area contributed by atoms with E-state index in [1.54, 1.807) is 0 Å². The number of benzene rings is 2. The molecule has 0 radical (unpaired) electrons. The van der Waals surface area contributed by atoms with E-state index < -0.39 is 0 Å². The maximum Gasteiger partial charge on any atom is 0.132 e. The third-order valence-electron chi connectivity index (χ3n) is 3.89. The van der Waals surface area contributed by atoms with Crippen molar-refractivity contribution < 1.29 is 4.74 Å². The molecule has 3 heteroatoms. The van der Waals surface area contributed by atoms with Crippen LogP contribution in [0, 0.1) is 6.92 Å². The van der Waals surface area contributed by atoms with Gasteiger partial charge in [-0.25, -0.2) is 0 Å². The summed E-state index contributed by atoms with van der Waals surface area (Å²) in [7, 11) is 0. The van der Waals surface area contributed by atoms with Crippen LogP contribution in [0.3, 0.4) is 0 Å². The molecule has 2 nitrogen and oxygen atoms in total. The fraction of sp³-hybridized carbons (Fsp3) is 0.294. The van der Waals surface area contributed by atoms with Gasteiger partial charge in [0.1, 0.15) is 11.9 Å². The van der Waals surface area contributed by atoms with Crippen LogP contribution in [0.5, 0.6) is 5.75 Å². The number of halogens is 1. The zero-order valence-electron chi connectivity index (χ0n) is 11.5. The molecule has 0 fully saturated rings. The van der Waals surface area contributed by atoms with E-state index in [1.165, 1.54) is 11.1 Å². The average molecular weight is 288 g/mol. The highest BCUT2D eigenvalue weighted by Crippen LogP contribution is 2.43. The van der Waals surface area contributed by atoms with Crippen LogP contribution in [-0.2, 0) is 6.42 Å². The first kappa shape index (κ1) is 13.5. The second-order valence-corrected chi connectivity index (χ2v) is 5.65. The summed E-state index contributed by atoms with van der Waals surface area (Å²) in [5, 5.41) is 0.732. The van der Waals surface area contributed by atoms with Gasteiger partial charge >= 0.3 is 0 Å². The Kier molecular flexibility index (Phi) is 3.68. The molecule has 0 bridgehead atoms. The molecular formula is C17H18ClNO. The third-order valence-corrected chi connectivity index (χ3v) is 4.20. The van der Waals surface area contributed by atoms with Crippen LogP contribution in [0.1, 0.15) is 17.5 Å². The Morgan fingerprint density at radius 2 is 2.05 bits per heavy atom. The van der Waals surface area contributed by atoms with Crippen LogP contribution >= 0.6 is 11.6 Å². The predicted molar refractivity (Wildman–Crippen MR) is 83.4 cm³/mol. The van der Waals surface area contributed by atoms with Gasteiger partial charge in [-0.15, -0.1) is 0 Å². The van der Waals surface area contributed by atoms with Crippen LogP contribution in [0.2, 0.25) is 5.02 Å². The fourth-order valence-corrected chi connectivity index (χ4v) is 3.00. The number of ether oxygens (including phenoxy) is 1. The summed E-state index contributed by atoms with van der Waals surface area (Å²) in [5.41, 5.74) is 10.3. The Balaban J connectivity index is 2.18. The second kappa shape index (κ2) is 5.47. The van der Waals surface area contributed by atoms with Gasteiger partial charge in [0.25, 0.3) is 0 Å². The quantitative estimate of drug-likeness (QED) is 0.907. The maximum absolute atomic E-state index is 6.45. The third kappa shape index (κ3) is 2.30. The zero-order valence-corrected chi connectivity index (χ0v) is 12.3. The van der Waals surface area contributed by atoms with E-state index in [1.807, 2.05) is 18.2 Å². The summed E-state index contributed by atoms with van der Waals surface area (Å²) in [4.78, 5) is 0. The monoisotopic (exact) mass is 287 g/mol. The molecule has 0 saturated heterocycles. The van der Waals surface area contributed by atoms with E-state index in [0.717, 1.165) is 34.7 Å². The van der Waals surface area contributed by atoms with Gasteiger partial charge in [-0.3, -0.25) is 0 Å². The van der Waals surface area contributed by atoms with Crippen molar-refractivity contribution in [3.8, 4) is 16.9 Å². The first-order valence-corrected chi connectivity index (χ1v) is 7.32. The molecule has 20 heavy (non-hydrogen) atoms. The van der Waals surface area contributed by atoms with Gasteiger partial charge < -0.3 is 10.5 Å². The average Bonchev–Trinajstić information content (AvgIpc) is 2.48. The molecule has 0 aromatic heterocycles. The molecule has 0 spiro atoms. The Hall–Kier alpha value is -1.51. The molecule has 104 valence electrons. The Morgan fingerprint density at radius 3 is 2.80 bits per heavy atom. The summed E-state index contributed by atoms with van der Waals surface area (Å²) in [6.07, 6.45) is 2.05. The van der Waals surface area contributed by atoms with Gasteiger partial charge in [0, 0.05) is 12.1 Å². The molecule has 1 unspecified atom stereocenters. The lowest BCUT2D eigenvalue weighted by atomic mass is 9.93. The van der Waals surface area contributed by atoms with E-state index in [0.29, 0.717) is 6.54 Å². The lowest BCUT2D eigenvalue weighted by Crippen LogP contribution is -2.30. The number of fused-ring (bicyclic) bond motifs is 1. The molecular weight excluding hydrogens is 270 g/mol. The van der Waals surface area contributed by atoms with Crippen LogP contribution in [0.25, 0.3) is 11.1 Å². The van der Waals surface area contributed by atoms with Crippen molar-refractivity contribution in [3.05, 3.63) is 52.5 Å². The van der Waals surface area contributed by atoms with Crippen molar-refractivity contribution in [3.63, 3.8) is 0 Å². The number of rotatable bonds is 2. The summed E-state index contributed by atoms with van der Waals surface area (Å²) in [6.45, 7) is 2.63. The Morgan fingerprint density at radius 1 is 1.25 bits per heavy atom. The lowest BCUT2D eigenvalue weighted by molar-refractivity contribution is 0.182.